The standard InChI is InChI=1S/C21H26N2O3/c1-4-15(5-2)20(24)23-19-13-11-18(12-14-19)22-17-9-7-16(8-10-17)21(25)26-6-3/h7-15,22H,4-6H2,1-3H3,(H,23,24). The first-order valence-corrected chi connectivity index (χ1v) is 9.02. The maximum atomic E-state index is 12.1. The summed E-state index contributed by atoms with van der Waals surface area (Å²) >= 11 is 0. The summed E-state index contributed by atoms with van der Waals surface area (Å²) in [6.45, 7) is 6.19. The van der Waals surface area contributed by atoms with Crippen LogP contribution < -0.4 is 10.6 Å². The largest absolute Gasteiger partial charge is 0.462 e. The zero-order chi connectivity index (χ0) is 18.9. The number of amides is 1. The molecule has 0 atom stereocenters. The molecule has 0 aliphatic carbocycles. The van der Waals surface area contributed by atoms with E-state index in [9.17, 15) is 9.59 Å². The first-order valence-electron chi connectivity index (χ1n) is 9.02. The Labute approximate surface area is 154 Å². The first-order chi connectivity index (χ1) is 12.6. The lowest BCUT2D eigenvalue weighted by Gasteiger charge is -2.13. The van der Waals surface area contributed by atoms with E-state index in [1.54, 1.807) is 19.1 Å². The fourth-order valence-electron chi connectivity index (χ4n) is 2.61. The molecule has 2 N–H and O–H groups in total. The molecule has 0 spiro atoms. The van der Waals surface area contributed by atoms with Gasteiger partial charge in [-0.3, -0.25) is 4.79 Å². The molecule has 0 unspecified atom stereocenters. The summed E-state index contributed by atoms with van der Waals surface area (Å²) in [5, 5.41) is 6.21. The molecule has 1 amide bonds. The van der Waals surface area contributed by atoms with Crippen LogP contribution >= 0.6 is 0 Å². The van der Waals surface area contributed by atoms with E-state index in [0.29, 0.717) is 12.2 Å². The Balaban J connectivity index is 1.96. The third kappa shape index (κ3) is 5.34. The number of hydrogen-bond acceptors (Lipinski definition) is 4. The van der Waals surface area contributed by atoms with Gasteiger partial charge in [0.15, 0.2) is 0 Å². The summed E-state index contributed by atoms with van der Waals surface area (Å²) < 4.78 is 4.97. The summed E-state index contributed by atoms with van der Waals surface area (Å²) in [5.41, 5.74) is 3.07. The van der Waals surface area contributed by atoms with Crippen LogP contribution in [-0.2, 0) is 9.53 Å². The molecule has 5 nitrogen and oxygen atoms in total. The normalized spacial score (nSPS) is 10.5. The van der Waals surface area contributed by atoms with Crippen molar-refractivity contribution in [3.63, 3.8) is 0 Å². The lowest BCUT2D eigenvalue weighted by atomic mass is 10.0. The fourth-order valence-corrected chi connectivity index (χ4v) is 2.61. The van der Waals surface area contributed by atoms with Gasteiger partial charge in [-0.05, 0) is 68.3 Å². The predicted molar refractivity (Wildman–Crippen MR) is 105 cm³/mol. The van der Waals surface area contributed by atoms with Crippen LogP contribution in [0.2, 0.25) is 0 Å². The van der Waals surface area contributed by atoms with Gasteiger partial charge in [0, 0.05) is 23.0 Å². The molecule has 2 aromatic rings. The second-order valence-electron chi connectivity index (χ2n) is 6.00. The van der Waals surface area contributed by atoms with Crippen LogP contribution in [0.4, 0.5) is 17.1 Å². The number of ether oxygens (including phenoxy) is 1. The minimum atomic E-state index is -0.323. The molecule has 5 heteroatoms. The summed E-state index contributed by atoms with van der Waals surface area (Å²) in [6.07, 6.45) is 1.67. The molecule has 0 bridgehead atoms. The van der Waals surface area contributed by atoms with Crippen molar-refractivity contribution < 1.29 is 14.3 Å². The summed E-state index contributed by atoms with van der Waals surface area (Å²) in [7, 11) is 0. The van der Waals surface area contributed by atoms with E-state index in [1.165, 1.54) is 0 Å². The van der Waals surface area contributed by atoms with Gasteiger partial charge in [-0.15, -0.1) is 0 Å². The molecule has 0 aliphatic heterocycles. The number of nitrogens with one attached hydrogen (secondary N) is 2. The van der Waals surface area contributed by atoms with Crippen molar-refractivity contribution >= 4 is 28.9 Å². The van der Waals surface area contributed by atoms with Crippen molar-refractivity contribution in [2.75, 3.05) is 17.2 Å². The number of esters is 1. The molecule has 0 aliphatic rings. The highest BCUT2D eigenvalue weighted by molar-refractivity contribution is 5.92. The van der Waals surface area contributed by atoms with Gasteiger partial charge in [-0.25, -0.2) is 4.79 Å². The van der Waals surface area contributed by atoms with E-state index in [1.807, 2.05) is 50.2 Å². The molecule has 0 heterocycles. The summed E-state index contributed by atoms with van der Waals surface area (Å²) in [4.78, 5) is 23.8. The molecular weight excluding hydrogens is 328 g/mol. The topological polar surface area (TPSA) is 67.4 Å². The molecule has 2 rings (SSSR count). The quantitative estimate of drug-likeness (QED) is 0.656. The highest BCUT2D eigenvalue weighted by Gasteiger charge is 2.13. The van der Waals surface area contributed by atoms with Crippen molar-refractivity contribution in [1.82, 2.24) is 0 Å². The van der Waals surface area contributed by atoms with Gasteiger partial charge in [0.1, 0.15) is 0 Å². The number of benzene rings is 2. The van der Waals surface area contributed by atoms with Gasteiger partial charge in [0.2, 0.25) is 5.91 Å². The summed E-state index contributed by atoms with van der Waals surface area (Å²) in [5.74, 6) is -0.215. The van der Waals surface area contributed by atoms with E-state index in [4.69, 9.17) is 4.74 Å². The molecule has 138 valence electrons. The van der Waals surface area contributed by atoms with E-state index in [2.05, 4.69) is 10.6 Å². The summed E-state index contributed by atoms with van der Waals surface area (Å²) in [6, 6.07) is 14.7. The van der Waals surface area contributed by atoms with Crippen LogP contribution in [0.1, 0.15) is 44.0 Å². The maximum Gasteiger partial charge on any atom is 0.338 e. The van der Waals surface area contributed by atoms with E-state index < -0.39 is 0 Å². The van der Waals surface area contributed by atoms with Crippen LogP contribution in [-0.4, -0.2) is 18.5 Å². The second-order valence-corrected chi connectivity index (χ2v) is 6.00. The average molecular weight is 354 g/mol. The molecule has 0 saturated carbocycles. The number of anilines is 3. The zero-order valence-electron chi connectivity index (χ0n) is 15.5. The minimum absolute atomic E-state index is 0.0470. The van der Waals surface area contributed by atoms with Crippen molar-refractivity contribution in [3.05, 3.63) is 54.1 Å². The Morgan fingerprint density at radius 3 is 1.85 bits per heavy atom. The van der Waals surface area contributed by atoms with E-state index >= 15 is 0 Å². The van der Waals surface area contributed by atoms with Gasteiger partial charge < -0.3 is 15.4 Å². The molecule has 0 radical (unpaired) electrons. The Bertz CT molecular complexity index is 720. The molecular formula is C21H26N2O3. The third-order valence-corrected chi connectivity index (χ3v) is 4.19. The molecule has 26 heavy (non-hydrogen) atoms. The lowest BCUT2D eigenvalue weighted by molar-refractivity contribution is -0.120. The van der Waals surface area contributed by atoms with Crippen molar-refractivity contribution in [1.29, 1.82) is 0 Å². The van der Waals surface area contributed by atoms with Gasteiger partial charge in [0.05, 0.1) is 12.2 Å². The Hall–Kier alpha value is -2.82. The third-order valence-electron chi connectivity index (χ3n) is 4.19. The van der Waals surface area contributed by atoms with Crippen LogP contribution in [0, 0.1) is 5.92 Å². The van der Waals surface area contributed by atoms with Gasteiger partial charge in [-0.2, -0.15) is 0 Å². The second kappa shape index (κ2) is 9.61. The first kappa shape index (κ1) is 19.5. The Morgan fingerprint density at radius 1 is 0.846 bits per heavy atom. The van der Waals surface area contributed by atoms with Crippen LogP contribution in [0.25, 0.3) is 0 Å². The monoisotopic (exact) mass is 354 g/mol. The van der Waals surface area contributed by atoms with Crippen molar-refractivity contribution in [3.8, 4) is 0 Å². The fraction of sp³-hybridized carbons (Fsp3) is 0.333. The van der Waals surface area contributed by atoms with Gasteiger partial charge in [-0.1, -0.05) is 13.8 Å². The van der Waals surface area contributed by atoms with E-state index in [-0.39, 0.29) is 17.8 Å². The van der Waals surface area contributed by atoms with Crippen molar-refractivity contribution in [2.24, 2.45) is 5.92 Å². The zero-order valence-corrected chi connectivity index (χ0v) is 15.5. The van der Waals surface area contributed by atoms with Crippen LogP contribution in [0.15, 0.2) is 48.5 Å². The minimum Gasteiger partial charge on any atom is -0.462 e. The highest BCUT2D eigenvalue weighted by Crippen LogP contribution is 2.20. The van der Waals surface area contributed by atoms with Crippen LogP contribution in [0.3, 0.4) is 0 Å². The Kier molecular flexibility index (Phi) is 7.21. The van der Waals surface area contributed by atoms with Gasteiger partial charge in [0.25, 0.3) is 0 Å². The molecule has 0 saturated heterocycles. The molecule has 0 aromatic heterocycles. The molecule has 2 aromatic carbocycles. The Morgan fingerprint density at radius 2 is 1.35 bits per heavy atom. The maximum absolute atomic E-state index is 12.1. The van der Waals surface area contributed by atoms with E-state index in [0.717, 1.165) is 29.9 Å². The molecule has 0 fully saturated rings. The van der Waals surface area contributed by atoms with Crippen molar-refractivity contribution in [2.45, 2.75) is 33.6 Å². The van der Waals surface area contributed by atoms with Crippen LogP contribution in [0.5, 0.6) is 0 Å². The van der Waals surface area contributed by atoms with Gasteiger partial charge >= 0.3 is 5.97 Å². The predicted octanol–water partition coefficient (Wildman–Crippen LogP) is 4.98. The lowest BCUT2D eigenvalue weighted by Crippen LogP contribution is -2.21. The average Bonchev–Trinajstić information content (AvgIpc) is 2.65. The highest BCUT2D eigenvalue weighted by atomic mass is 16.5. The number of hydrogen-bond donors (Lipinski definition) is 2. The smallest absolute Gasteiger partial charge is 0.338 e. The number of rotatable bonds is 8. The number of carbonyl (C=O) groups excluding carboxylic acids is 2. The number of carbonyl (C=O) groups is 2. The SMILES string of the molecule is CCOC(=O)c1ccc(Nc2ccc(NC(=O)C(CC)CC)cc2)cc1.